The Hall–Kier alpha value is -0.640. The average molecular weight is 314 g/mol. The molecule has 1 rings (SSSR count). The lowest BCUT2D eigenvalue weighted by atomic mass is 9.92. The molecule has 1 N–H and O–H groups in total. The fourth-order valence-corrected chi connectivity index (χ4v) is 2.86. The number of carbonyl (C=O) groups is 1. The summed E-state index contributed by atoms with van der Waals surface area (Å²) in [7, 11) is 0. The summed E-state index contributed by atoms with van der Waals surface area (Å²) in [5.74, 6) is 0.698. The number of hydrogen-bond donors (Lipinski definition) is 1. The summed E-state index contributed by atoms with van der Waals surface area (Å²) in [6, 6.07) is 0. The van der Waals surface area contributed by atoms with Crippen molar-refractivity contribution in [1.29, 1.82) is 0 Å². The van der Waals surface area contributed by atoms with Crippen LogP contribution in [0.25, 0.3) is 0 Å². The van der Waals surface area contributed by atoms with Gasteiger partial charge in [0, 0.05) is 19.0 Å². The number of likely N-dealkylation sites (tertiary alicyclic amines) is 1. The number of nitrogens with one attached hydrogen (secondary N) is 1. The van der Waals surface area contributed by atoms with Crippen LogP contribution in [0.5, 0.6) is 0 Å². The van der Waals surface area contributed by atoms with Gasteiger partial charge in [-0.2, -0.15) is 0 Å². The van der Waals surface area contributed by atoms with Crippen molar-refractivity contribution >= 4 is 5.91 Å². The van der Waals surface area contributed by atoms with E-state index in [4.69, 9.17) is 0 Å². The van der Waals surface area contributed by atoms with E-state index in [1.165, 1.54) is 6.42 Å². The smallest absolute Gasteiger partial charge is 0.222 e. The molecule has 1 aliphatic rings. The Bertz CT molecular complexity index is 325. The maximum Gasteiger partial charge on any atom is 0.222 e. The van der Waals surface area contributed by atoms with Gasteiger partial charge in [0.2, 0.25) is 5.91 Å². The highest BCUT2D eigenvalue weighted by Crippen LogP contribution is 2.26. The molecule has 0 bridgehead atoms. The van der Waals surface area contributed by atoms with Crippen molar-refractivity contribution in [3.8, 4) is 0 Å². The molecule has 0 radical (unpaired) electrons. The van der Waals surface area contributed by atoms with Crippen molar-refractivity contribution in [3.05, 3.63) is 0 Å². The van der Waals surface area contributed by atoms with Gasteiger partial charge >= 0.3 is 0 Å². The SMILES string of the molecule is CCCCC(C)C(=O)NCC1(F)CCN(CCC(C)C)CC1. The number of halogens is 1. The summed E-state index contributed by atoms with van der Waals surface area (Å²) in [5.41, 5.74) is -1.21. The molecule has 1 fully saturated rings. The third-order valence-corrected chi connectivity index (χ3v) is 4.79. The first-order valence-corrected chi connectivity index (χ1v) is 9.05. The number of piperidine rings is 1. The number of nitrogens with zero attached hydrogens (tertiary/aromatic N) is 1. The normalized spacial score (nSPS) is 20.1. The van der Waals surface area contributed by atoms with Gasteiger partial charge in [-0.15, -0.1) is 0 Å². The van der Waals surface area contributed by atoms with Crippen LogP contribution < -0.4 is 5.32 Å². The molecule has 1 atom stereocenters. The van der Waals surface area contributed by atoms with E-state index in [1.807, 2.05) is 6.92 Å². The first kappa shape index (κ1) is 19.4. The first-order chi connectivity index (χ1) is 10.4. The monoisotopic (exact) mass is 314 g/mol. The lowest BCUT2D eigenvalue weighted by molar-refractivity contribution is -0.125. The standard InChI is InChI=1S/C18H35FN2O/c1-5-6-7-16(4)17(22)20-14-18(19)9-12-21(13-10-18)11-8-15(2)3/h15-16H,5-14H2,1-4H3,(H,20,22). The van der Waals surface area contributed by atoms with Gasteiger partial charge in [0.15, 0.2) is 0 Å². The third kappa shape index (κ3) is 7.08. The van der Waals surface area contributed by atoms with E-state index >= 15 is 0 Å². The predicted octanol–water partition coefficient (Wildman–Crippen LogP) is 3.78. The number of hydrogen-bond acceptors (Lipinski definition) is 2. The second-order valence-electron chi connectivity index (χ2n) is 7.44. The van der Waals surface area contributed by atoms with Crippen LogP contribution in [0.4, 0.5) is 4.39 Å². The fraction of sp³-hybridized carbons (Fsp3) is 0.944. The van der Waals surface area contributed by atoms with Gasteiger partial charge in [0.1, 0.15) is 5.67 Å². The summed E-state index contributed by atoms with van der Waals surface area (Å²) in [4.78, 5) is 14.3. The van der Waals surface area contributed by atoms with Crippen molar-refractivity contribution < 1.29 is 9.18 Å². The average Bonchev–Trinajstić information content (AvgIpc) is 2.49. The van der Waals surface area contributed by atoms with Crippen molar-refractivity contribution in [2.75, 3.05) is 26.2 Å². The van der Waals surface area contributed by atoms with E-state index in [1.54, 1.807) is 0 Å². The number of amides is 1. The minimum Gasteiger partial charge on any atom is -0.353 e. The van der Waals surface area contributed by atoms with E-state index in [-0.39, 0.29) is 18.4 Å². The van der Waals surface area contributed by atoms with E-state index in [0.717, 1.165) is 38.9 Å². The number of carbonyl (C=O) groups excluding carboxylic acids is 1. The van der Waals surface area contributed by atoms with Crippen molar-refractivity contribution in [3.63, 3.8) is 0 Å². The van der Waals surface area contributed by atoms with Gasteiger partial charge < -0.3 is 10.2 Å². The Kier molecular flexibility index (Phi) is 8.37. The van der Waals surface area contributed by atoms with Crippen LogP contribution in [0.15, 0.2) is 0 Å². The lowest BCUT2D eigenvalue weighted by Gasteiger charge is -2.36. The molecule has 1 saturated heterocycles. The van der Waals surface area contributed by atoms with Crippen LogP contribution >= 0.6 is 0 Å². The molecule has 22 heavy (non-hydrogen) atoms. The zero-order valence-electron chi connectivity index (χ0n) is 15.0. The largest absolute Gasteiger partial charge is 0.353 e. The fourth-order valence-electron chi connectivity index (χ4n) is 2.86. The topological polar surface area (TPSA) is 32.3 Å². The van der Waals surface area contributed by atoms with Gasteiger partial charge in [-0.25, -0.2) is 4.39 Å². The summed E-state index contributed by atoms with van der Waals surface area (Å²) in [6.45, 7) is 11.4. The number of rotatable bonds is 9. The summed E-state index contributed by atoms with van der Waals surface area (Å²) in [6.07, 6.45) is 5.29. The van der Waals surface area contributed by atoms with Crippen molar-refractivity contribution in [2.24, 2.45) is 11.8 Å². The van der Waals surface area contributed by atoms with Crippen LogP contribution in [0.1, 0.15) is 66.2 Å². The molecule has 0 saturated carbocycles. The van der Waals surface area contributed by atoms with Gasteiger partial charge in [-0.1, -0.05) is 40.5 Å². The van der Waals surface area contributed by atoms with Crippen LogP contribution in [0.3, 0.4) is 0 Å². The maximum atomic E-state index is 14.8. The third-order valence-electron chi connectivity index (χ3n) is 4.79. The predicted molar refractivity (Wildman–Crippen MR) is 90.7 cm³/mol. The quantitative estimate of drug-likeness (QED) is 0.702. The minimum atomic E-state index is -1.21. The Balaban J connectivity index is 2.27. The van der Waals surface area contributed by atoms with Gasteiger partial charge in [-0.3, -0.25) is 4.79 Å². The molecule has 0 spiro atoms. The molecule has 0 aromatic rings. The van der Waals surface area contributed by atoms with Crippen LogP contribution in [-0.2, 0) is 4.79 Å². The minimum absolute atomic E-state index is 0.00493. The molecule has 0 aliphatic carbocycles. The molecule has 1 amide bonds. The molecule has 1 aliphatic heterocycles. The molecule has 1 heterocycles. The molecular weight excluding hydrogens is 279 g/mol. The van der Waals surface area contributed by atoms with Crippen LogP contribution in [0, 0.1) is 11.8 Å². The highest BCUT2D eigenvalue weighted by Gasteiger charge is 2.34. The van der Waals surface area contributed by atoms with E-state index in [2.05, 4.69) is 31.0 Å². The van der Waals surface area contributed by atoms with Gasteiger partial charge in [-0.05, 0) is 38.1 Å². The zero-order valence-corrected chi connectivity index (χ0v) is 15.0. The number of alkyl halides is 1. The van der Waals surface area contributed by atoms with Crippen molar-refractivity contribution in [1.82, 2.24) is 10.2 Å². The lowest BCUT2D eigenvalue weighted by Crippen LogP contribution is -2.49. The molecule has 0 aromatic heterocycles. The van der Waals surface area contributed by atoms with E-state index in [0.29, 0.717) is 18.8 Å². The summed E-state index contributed by atoms with van der Waals surface area (Å²) < 4.78 is 14.8. The highest BCUT2D eigenvalue weighted by molar-refractivity contribution is 5.78. The van der Waals surface area contributed by atoms with E-state index in [9.17, 15) is 9.18 Å². The zero-order chi connectivity index (χ0) is 16.6. The summed E-state index contributed by atoms with van der Waals surface area (Å²) in [5, 5.41) is 2.83. The molecule has 0 aromatic carbocycles. The second-order valence-corrected chi connectivity index (χ2v) is 7.44. The Morgan fingerprint density at radius 2 is 1.86 bits per heavy atom. The molecular formula is C18H35FN2O. The summed E-state index contributed by atoms with van der Waals surface area (Å²) >= 11 is 0. The van der Waals surface area contributed by atoms with Gasteiger partial charge in [0.05, 0.1) is 6.54 Å². The highest BCUT2D eigenvalue weighted by atomic mass is 19.1. The van der Waals surface area contributed by atoms with Crippen molar-refractivity contribution in [2.45, 2.75) is 71.9 Å². The maximum absolute atomic E-state index is 14.8. The second kappa shape index (κ2) is 9.49. The van der Waals surface area contributed by atoms with E-state index < -0.39 is 5.67 Å². The van der Waals surface area contributed by atoms with Crippen LogP contribution in [0.2, 0.25) is 0 Å². The Labute approximate surface area is 136 Å². The molecule has 3 nitrogen and oxygen atoms in total. The molecule has 130 valence electrons. The van der Waals surface area contributed by atoms with Crippen LogP contribution in [-0.4, -0.2) is 42.7 Å². The Morgan fingerprint density at radius 1 is 1.23 bits per heavy atom. The van der Waals surface area contributed by atoms with Gasteiger partial charge in [0.25, 0.3) is 0 Å². The number of unbranched alkanes of at least 4 members (excludes halogenated alkanes) is 1. The Morgan fingerprint density at radius 3 is 2.41 bits per heavy atom. The first-order valence-electron chi connectivity index (χ1n) is 9.05. The molecule has 4 heteroatoms. The molecule has 1 unspecified atom stereocenters.